The number of nitrogens with one attached hydrogen (secondary N) is 1. The van der Waals surface area contributed by atoms with E-state index in [0.29, 0.717) is 46.0 Å². The Morgan fingerprint density at radius 1 is 0.797 bits per heavy atom. The predicted molar refractivity (Wildman–Crippen MR) is 250 cm³/mol. The molecule has 15 heteroatoms. The molecular weight excluding hydrogens is 883 g/mol. The number of hydrogen-bond acceptors (Lipinski definition) is 13. The van der Waals surface area contributed by atoms with Gasteiger partial charge in [-0.25, -0.2) is 0 Å². The monoisotopic (exact) mass is 933 g/mol. The van der Waals surface area contributed by atoms with Gasteiger partial charge in [0.1, 0.15) is 29.9 Å². The van der Waals surface area contributed by atoms with Crippen molar-refractivity contribution in [2.45, 2.75) is 49.0 Å². The van der Waals surface area contributed by atoms with Gasteiger partial charge < -0.3 is 43.7 Å². The standard InChI is InChI=1S/C54H51N3O12/c1-64-42-29-36-24-25-56(31-37(36)30-43(42)65-2)49(59)44-46-52(62)69-47(34-15-9-6-10-16-34)45(33-13-7-5-8-14-33)57(46)48(35-19-21-38(22-20-35)68-27-26-58)54(44)40-28-32(18-23-41(40)55-53(54)63)12-11-17-39(50(60)66-3)51(61)67-4/h5-10,13-16,18-23,28-30,39,44-48,58H,17,24-27,31H2,1-4H3,(H,55,63)/t44-,45-,46-,47+,48+,54-/m0/s1. The van der Waals surface area contributed by atoms with Crippen LogP contribution in [0.5, 0.6) is 17.2 Å². The molecule has 5 aromatic carbocycles. The minimum Gasteiger partial charge on any atom is -0.493 e. The number of anilines is 1. The molecule has 1 spiro atoms. The summed E-state index contributed by atoms with van der Waals surface area (Å²) >= 11 is 0. The fourth-order valence-corrected chi connectivity index (χ4v) is 10.6. The van der Waals surface area contributed by atoms with Crippen LogP contribution in [0.1, 0.15) is 63.6 Å². The number of aliphatic hydroxyl groups excluding tert-OH is 1. The summed E-state index contributed by atoms with van der Waals surface area (Å²) in [7, 11) is 5.46. The predicted octanol–water partition coefficient (Wildman–Crippen LogP) is 5.63. The number of morpholine rings is 1. The zero-order valence-corrected chi connectivity index (χ0v) is 38.5. The Kier molecular flexibility index (Phi) is 13.1. The molecule has 2 fully saturated rings. The zero-order chi connectivity index (χ0) is 48.4. The molecule has 15 nitrogen and oxygen atoms in total. The lowest BCUT2D eigenvalue weighted by Gasteiger charge is -2.46. The van der Waals surface area contributed by atoms with Gasteiger partial charge in [0.25, 0.3) is 0 Å². The number of hydrogen-bond donors (Lipinski definition) is 2. The average Bonchev–Trinajstić information content (AvgIpc) is 3.87. The number of nitrogens with zero attached hydrogens (tertiary/aromatic N) is 2. The van der Waals surface area contributed by atoms with Crippen molar-refractivity contribution in [1.82, 2.24) is 9.80 Å². The van der Waals surface area contributed by atoms with Crippen LogP contribution >= 0.6 is 0 Å². The van der Waals surface area contributed by atoms with Crippen LogP contribution < -0.4 is 19.5 Å². The van der Waals surface area contributed by atoms with Gasteiger partial charge in [0.05, 0.1) is 53.0 Å². The second-order valence-corrected chi connectivity index (χ2v) is 17.2. The third kappa shape index (κ3) is 8.19. The highest BCUT2D eigenvalue weighted by Crippen LogP contribution is 2.65. The highest BCUT2D eigenvalue weighted by molar-refractivity contribution is 6.12. The average molecular weight is 934 g/mol. The molecule has 4 aliphatic heterocycles. The van der Waals surface area contributed by atoms with E-state index in [-0.39, 0.29) is 32.7 Å². The first kappa shape index (κ1) is 46.4. The SMILES string of the molecule is COC(=O)C(CC#Cc1ccc2c(c1)[C@]1(C(=O)N2)[C@H](C(=O)N2CCc3cc(OC)c(OC)cc3C2)[C@H]2C(=O)O[C@H](c3ccccc3)[C@H](c3ccccc3)N2[C@@H]1c1ccc(OCCO)cc1)C(=O)OC. The lowest BCUT2D eigenvalue weighted by Crippen LogP contribution is -2.56. The van der Waals surface area contributed by atoms with Crippen LogP contribution in [-0.2, 0) is 56.6 Å². The van der Waals surface area contributed by atoms with Crippen molar-refractivity contribution in [1.29, 1.82) is 0 Å². The maximum Gasteiger partial charge on any atom is 0.324 e. The summed E-state index contributed by atoms with van der Waals surface area (Å²) in [5.74, 6) is 1.65. The second-order valence-electron chi connectivity index (χ2n) is 17.2. The molecular formula is C54H51N3O12. The van der Waals surface area contributed by atoms with Crippen molar-refractivity contribution < 1.29 is 57.5 Å². The van der Waals surface area contributed by atoms with Crippen molar-refractivity contribution >= 4 is 35.4 Å². The highest BCUT2D eigenvalue weighted by Gasteiger charge is 2.74. The van der Waals surface area contributed by atoms with Crippen LogP contribution in [0, 0.1) is 23.7 Å². The molecule has 0 bridgehead atoms. The van der Waals surface area contributed by atoms with Crippen molar-refractivity contribution in [3.8, 4) is 29.1 Å². The third-order valence-electron chi connectivity index (χ3n) is 13.7. The van der Waals surface area contributed by atoms with Gasteiger partial charge in [-0.1, -0.05) is 84.6 Å². The Morgan fingerprint density at radius 2 is 1.45 bits per heavy atom. The topological polar surface area (TPSA) is 179 Å². The first-order valence-electron chi connectivity index (χ1n) is 22.6. The maximum atomic E-state index is 16.2. The molecule has 4 heterocycles. The maximum absolute atomic E-state index is 16.2. The summed E-state index contributed by atoms with van der Waals surface area (Å²) in [6.07, 6.45) is -0.634. The van der Waals surface area contributed by atoms with Crippen LogP contribution in [0.25, 0.3) is 0 Å². The number of aliphatic hydroxyl groups is 1. The van der Waals surface area contributed by atoms with E-state index in [2.05, 4.69) is 17.2 Å². The van der Waals surface area contributed by atoms with Gasteiger partial charge >= 0.3 is 17.9 Å². The third-order valence-corrected chi connectivity index (χ3v) is 13.7. The highest BCUT2D eigenvalue weighted by atomic mass is 16.6. The number of benzene rings is 5. The van der Waals surface area contributed by atoms with Crippen LogP contribution in [0.2, 0.25) is 0 Å². The van der Waals surface area contributed by atoms with Gasteiger partial charge in [0, 0.05) is 30.8 Å². The molecule has 2 saturated heterocycles. The van der Waals surface area contributed by atoms with Crippen molar-refractivity contribution in [2.24, 2.45) is 11.8 Å². The molecule has 2 amide bonds. The Morgan fingerprint density at radius 3 is 2.09 bits per heavy atom. The molecule has 4 aliphatic rings. The normalized spacial score (nSPS) is 22.3. The van der Waals surface area contributed by atoms with Gasteiger partial charge in [-0.2, -0.15) is 0 Å². The van der Waals surface area contributed by atoms with E-state index in [1.807, 2.05) is 89.8 Å². The van der Waals surface area contributed by atoms with E-state index in [1.54, 1.807) is 49.5 Å². The lowest BCUT2D eigenvalue weighted by atomic mass is 9.65. The Labute approximate surface area is 399 Å². The van der Waals surface area contributed by atoms with Crippen molar-refractivity contribution in [2.75, 3.05) is 53.5 Å². The van der Waals surface area contributed by atoms with E-state index in [1.165, 1.54) is 14.2 Å². The molecule has 0 aliphatic carbocycles. The molecule has 0 radical (unpaired) electrons. The van der Waals surface area contributed by atoms with Crippen LogP contribution in [0.4, 0.5) is 5.69 Å². The van der Waals surface area contributed by atoms with Gasteiger partial charge in [0.15, 0.2) is 17.4 Å². The number of carbonyl (C=O) groups excluding carboxylic acids is 5. The quantitative estimate of drug-likeness (QED) is 0.0681. The minimum absolute atomic E-state index is 0.0510. The summed E-state index contributed by atoms with van der Waals surface area (Å²) in [5.41, 5.74) is 3.35. The summed E-state index contributed by atoms with van der Waals surface area (Å²) in [6.45, 7) is 0.271. The molecule has 6 atom stereocenters. The molecule has 0 saturated carbocycles. The Hall–Kier alpha value is -7.67. The number of methoxy groups -OCH3 is 4. The number of ether oxygens (including phenoxy) is 6. The van der Waals surface area contributed by atoms with Gasteiger partial charge in [-0.3, -0.25) is 28.9 Å². The van der Waals surface area contributed by atoms with E-state index in [4.69, 9.17) is 28.4 Å². The number of fused-ring (bicyclic) bond motifs is 4. The lowest BCUT2D eigenvalue weighted by molar-refractivity contribution is -0.179. The summed E-state index contributed by atoms with van der Waals surface area (Å²) in [4.78, 5) is 76.2. The Bertz CT molecular complexity index is 2830. The molecule has 69 heavy (non-hydrogen) atoms. The van der Waals surface area contributed by atoms with Crippen molar-refractivity contribution in [3.05, 3.63) is 154 Å². The summed E-state index contributed by atoms with van der Waals surface area (Å²) in [5, 5.41) is 12.7. The Balaban J connectivity index is 1.28. The first-order chi connectivity index (χ1) is 33.6. The minimum atomic E-state index is -1.82. The molecule has 2 N–H and O–H groups in total. The van der Waals surface area contributed by atoms with Gasteiger partial charge in [-0.15, -0.1) is 0 Å². The van der Waals surface area contributed by atoms with Gasteiger partial charge in [0.2, 0.25) is 11.8 Å². The van der Waals surface area contributed by atoms with E-state index in [9.17, 15) is 14.7 Å². The summed E-state index contributed by atoms with van der Waals surface area (Å²) < 4.78 is 33.4. The molecule has 0 aromatic heterocycles. The smallest absolute Gasteiger partial charge is 0.324 e. The number of esters is 3. The van der Waals surface area contributed by atoms with Crippen LogP contribution in [-0.4, -0.2) is 98.9 Å². The molecule has 354 valence electrons. The van der Waals surface area contributed by atoms with E-state index in [0.717, 1.165) is 22.3 Å². The van der Waals surface area contributed by atoms with Crippen LogP contribution in [0.3, 0.4) is 0 Å². The summed E-state index contributed by atoms with van der Waals surface area (Å²) in [6, 6.07) is 32.1. The van der Waals surface area contributed by atoms with Gasteiger partial charge in [-0.05, 0) is 82.3 Å². The van der Waals surface area contributed by atoms with E-state index >= 15 is 14.4 Å². The molecule has 5 aromatic rings. The fraction of sp³-hybridized carbons (Fsp3) is 0.315. The van der Waals surface area contributed by atoms with Crippen molar-refractivity contribution in [3.63, 3.8) is 0 Å². The molecule has 9 rings (SSSR count). The molecule has 0 unspecified atom stereocenters. The number of carbonyl (C=O) groups is 5. The number of rotatable bonds is 12. The second kappa shape index (κ2) is 19.5. The van der Waals surface area contributed by atoms with E-state index < -0.39 is 71.2 Å². The largest absolute Gasteiger partial charge is 0.493 e. The zero-order valence-electron chi connectivity index (χ0n) is 38.5. The number of amides is 2. The van der Waals surface area contributed by atoms with Crippen LogP contribution in [0.15, 0.2) is 115 Å². The first-order valence-corrected chi connectivity index (χ1v) is 22.6. The number of cyclic esters (lactones) is 1. The fourth-order valence-electron chi connectivity index (χ4n) is 10.6.